The van der Waals surface area contributed by atoms with E-state index in [1.54, 1.807) is 24.5 Å². The quantitative estimate of drug-likeness (QED) is 0.553. The number of hydrogen-bond acceptors (Lipinski definition) is 6. The third-order valence-corrected chi connectivity index (χ3v) is 5.00. The summed E-state index contributed by atoms with van der Waals surface area (Å²) >= 11 is 1.29. The number of hydrogen-bond donors (Lipinski definition) is 2. The fourth-order valence-corrected chi connectivity index (χ4v) is 3.51. The third-order valence-electron chi connectivity index (χ3n) is 4.03. The van der Waals surface area contributed by atoms with Crippen molar-refractivity contribution in [1.82, 2.24) is 25.1 Å². The van der Waals surface area contributed by atoms with Crippen LogP contribution in [0.25, 0.3) is 11.4 Å². The molecule has 150 valence electrons. The van der Waals surface area contributed by atoms with Crippen LogP contribution in [0.1, 0.15) is 12.5 Å². The summed E-state index contributed by atoms with van der Waals surface area (Å²) in [5, 5.41) is 14.5. The van der Waals surface area contributed by atoms with Gasteiger partial charge in [-0.25, -0.2) is 0 Å². The average Bonchev–Trinajstić information content (AvgIpc) is 3.14. The van der Waals surface area contributed by atoms with Crippen molar-refractivity contribution >= 4 is 29.3 Å². The summed E-state index contributed by atoms with van der Waals surface area (Å²) in [7, 11) is 0. The van der Waals surface area contributed by atoms with Gasteiger partial charge in [-0.3, -0.25) is 14.6 Å². The molecule has 0 atom stereocenters. The first-order chi connectivity index (χ1) is 14.1. The fraction of sp³-hybridized carbons (Fsp3) is 0.250. The molecule has 2 amide bonds. The highest BCUT2D eigenvalue weighted by Gasteiger charge is 2.15. The van der Waals surface area contributed by atoms with Crippen molar-refractivity contribution in [1.29, 1.82) is 0 Å². The number of benzene rings is 1. The van der Waals surface area contributed by atoms with Crippen LogP contribution in [0.15, 0.2) is 53.9 Å². The minimum atomic E-state index is -0.310. The van der Waals surface area contributed by atoms with E-state index in [0.29, 0.717) is 17.4 Å². The molecule has 2 aromatic heterocycles. The molecule has 3 aromatic rings. The van der Waals surface area contributed by atoms with Crippen LogP contribution in [-0.4, -0.2) is 43.9 Å². The molecule has 2 heterocycles. The first-order valence-electron chi connectivity index (χ1n) is 9.16. The summed E-state index contributed by atoms with van der Waals surface area (Å²) < 4.78 is 1.97. The van der Waals surface area contributed by atoms with Gasteiger partial charge in [0.15, 0.2) is 11.0 Å². The van der Waals surface area contributed by atoms with E-state index in [-0.39, 0.29) is 24.1 Å². The first-order valence-corrected chi connectivity index (χ1v) is 10.1. The molecule has 0 radical (unpaired) electrons. The van der Waals surface area contributed by atoms with Gasteiger partial charge in [0.2, 0.25) is 11.8 Å². The maximum atomic E-state index is 12.1. The SMILES string of the molecule is CCn1c(SCC(=O)NCC(=O)Nc2cccnc2)nnc1-c1cccc(C)c1. The number of thioether (sulfide) groups is 1. The lowest BCUT2D eigenvalue weighted by atomic mass is 10.1. The predicted octanol–water partition coefficient (Wildman–Crippen LogP) is 2.52. The fourth-order valence-electron chi connectivity index (χ4n) is 2.68. The van der Waals surface area contributed by atoms with E-state index in [2.05, 4.69) is 31.9 Å². The Kier molecular flexibility index (Phi) is 6.96. The molecular weight excluding hydrogens is 388 g/mol. The Morgan fingerprint density at radius 3 is 2.72 bits per heavy atom. The summed E-state index contributed by atoms with van der Waals surface area (Å²) in [6.07, 6.45) is 3.16. The third kappa shape index (κ3) is 5.64. The number of nitrogens with zero attached hydrogens (tertiary/aromatic N) is 4. The van der Waals surface area contributed by atoms with Gasteiger partial charge in [-0.05, 0) is 32.0 Å². The molecule has 0 aliphatic rings. The smallest absolute Gasteiger partial charge is 0.243 e. The normalized spacial score (nSPS) is 10.6. The van der Waals surface area contributed by atoms with Gasteiger partial charge in [0.25, 0.3) is 0 Å². The standard InChI is InChI=1S/C20H22N6O2S/c1-3-26-19(15-7-4-6-14(2)10-15)24-25-20(26)29-13-18(28)22-12-17(27)23-16-8-5-9-21-11-16/h4-11H,3,12-13H2,1-2H3,(H,22,28)(H,23,27). The molecular formula is C20H22N6O2S. The average molecular weight is 411 g/mol. The van der Waals surface area contributed by atoms with Gasteiger partial charge in [0, 0.05) is 18.3 Å². The number of aromatic nitrogens is 4. The zero-order valence-electron chi connectivity index (χ0n) is 16.3. The summed E-state index contributed by atoms with van der Waals surface area (Å²) in [5.74, 6) is 0.357. The highest BCUT2D eigenvalue weighted by molar-refractivity contribution is 7.99. The van der Waals surface area contributed by atoms with Crippen LogP contribution in [0.3, 0.4) is 0 Å². The number of nitrogens with one attached hydrogen (secondary N) is 2. The molecule has 0 saturated carbocycles. The number of aryl methyl sites for hydroxylation is 1. The topological polar surface area (TPSA) is 102 Å². The van der Waals surface area contributed by atoms with Gasteiger partial charge in [0.05, 0.1) is 24.2 Å². The second-order valence-electron chi connectivity index (χ2n) is 6.28. The zero-order valence-corrected chi connectivity index (χ0v) is 17.1. The van der Waals surface area contributed by atoms with Gasteiger partial charge >= 0.3 is 0 Å². The lowest BCUT2D eigenvalue weighted by Crippen LogP contribution is -2.34. The minimum absolute atomic E-state index is 0.108. The van der Waals surface area contributed by atoms with Crippen molar-refractivity contribution in [3.63, 3.8) is 0 Å². The van der Waals surface area contributed by atoms with Crippen LogP contribution in [0.5, 0.6) is 0 Å². The Hall–Kier alpha value is -3.20. The lowest BCUT2D eigenvalue weighted by molar-refractivity contribution is -0.122. The van der Waals surface area contributed by atoms with Crippen molar-refractivity contribution in [2.75, 3.05) is 17.6 Å². The van der Waals surface area contributed by atoms with Crippen LogP contribution in [0, 0.1) is 6.92 Å². The molecule has 3 rings (SSSR count). The largest absolute Gasteiger partial charge is 0.346 e. The van der Waals surface area contributed by atoms with E-state index in [0.717, 1.165) is 17.0 Å². The van der Waals surface area contributed by atoms with E-state index in [1.165, 1.54) is 11.8 Å². The van der Waals surface area contributed by atoms with Crippen molar-refractivity contribution < 1.29 is 9.59 Å². The van der Waals surface area contributed by atoms with Crippen LogP contribution >= 0.6 is 11.8 Å². The van der Waals surface area contributed by atoms with Crippen molar-refractivity contribution in [3.05, 3.63) is 54.4 Å². The summed E-state index contributed by atoms with van der Waals surface area (Å²) in [4.78, 5) is 27.9. The maximum Gasteiger partial charge on any atom is 0.243 e. The maximum absolute atomic E-state index is 12.1. The number of carbonyl (C=O) groups is 2. The van der Waals surface area contributed by atoms with Gasteiger partial charge < -0.3 is 15.2 Å². The number of carbonyl (C=O) groups excluding carboxylic acids is 2. The predicted molar refractivity (Wildman–Crippen MR) is 112 cm³/mol. The molecule has 29 heavy (non-hydrogen) atoms. The van der Waals surface area contributed by atoms with Crippen molar-refractivity contribution in [2.24, 2.45) is 0 Å². The van der Waals surface area contributed by atoms with E-state index in [1.807, 2.05) is 36.6 Å². The van der Waals surface area contributed by atoms with E-state index >= 15 is 0 Å². The molecule has 2 N–H and O–H groups in total. The molecule has 0 aliphatic carbocycles. The molecule has 9 heteroatoms. The Morgan fingerprint density at radius 1 is 1.14 bits per heavy atom. The van der Waals surface area contributed by atoms with Crippen molar-refractivity contribution in [2.45, 2.75) is 25.5 Å². The molecule has 8 nitrogen and oxygen atoms in total. The summed E-state index contributed by atoms with van der Waals surface area (Å²) in [6, 6.07) is 11.5. The Morgan fingerprint density at radius 2 is 2.00 bits per heavy atom. The van der Waals surface area contributed by atoms with Gasteiger partial charge in [-0.2, -0.15) is 0 Å². The zero-order chi connectivity index (χ0) is 20.6. The Labute approximate surface area is 173 Å². The summed E-state index contributed by atoms with van der Waals surface area (Å²) in [5.41, 5.74) is 2.72. The highest BCUT2D eigenvalue weighted by Crippen LogP contribution is 2.24. The molecule has 0 unspecified atom stereocenters. The van der Waals surface area contributed by atoms with Crippen LogP contribution in [0.4, 0.5) is 5.69 Å². The van der Waals surface area contributed by atoms with Crippen LogP contribution in [-0.2, 0) is 16.1 Å². The molecule has 0 saturated heterocycles. The number of amides is 2. The van der Waals surface area contributed by atoms with Crippen LogP contribution < -0.4 is 10.6 Å². The second kappa shape index (κ2) is 9.83. The molecule has 0 aliphatic heterocycles. The van der Waals surface area contributed by atoms with E-state index in [4.69, 9.17) is 0 Å². The first kappa shape index (κ1) is 20.5. The van der Waals surface area contributed by atoms with Crippen molar-refractivity contribution in [3.8, 4) is 11.4 Å². The molecule has 0 bridgehead atoms. The monoisotopic (exact) mass is 410 g/mol. The van der Waals surface area contributed by atoms with E-state index in [9.17, 15) is 9.59 Å². The summed E-state index contributed by atoms with van der Waals surface area (Å²) in [6.45, 7) is 4.62. The van der Waals surface area contributed by atoms with Gasteiger partial charge in [-0.15, -0.1) is 10.2 Å². The Balaban J connectivity index is 1.53. The minimum Gasteiger partial charge on any atom is -0.346 e. The number of anilines is 1. The highest BCUT2D eigenvalue weighted by atomic mass is 32.2. The van der Waals surface area contributed by atoms with E-state index < -0.39 is 0 Å². The lowest BCUT2D eigenvalue weighted by Gasteiger charge is -2.08. The van der Waals surface area contributed by atoms with Gasteiger partial charge in [-0.1, -0.05) is 35.5 Å². The number of pyridine rings is 1. The second-order valence-corrected chi connectivity index (χ2v) is 7.22. The Bertz CT molecular complexity index is 990. The number of rotatable bonds is 8. The molecule has 0 fully saturated rings. The molecule has 0 spiro atoms. The molecule has 1 aromatic carbocycles. The van der Waals surface area contributed by atoms with Crippen LogP contribution in [0.2, 0.25) is 0 Å². The van der Waals surface area contributed by atoms with Gasteiger partial charge in [0.1, 0.15) is 0 Å².